The molecule has 0 aliphatic heterocycles. The van der Waals surface area contributed by atoms with Gasteiger partial charge in [0.1, 0.15) is 0 Å². The molecule has 0 amide bonds. The predicted octanol–water partition coefficient (Wildman–Crippen LogP) is 3.51. The summed E-state index contributed by atoms with van der Waals surface area (Å²) in [7, 11) is 0. The average molecular weight is 312 g/mol. The van der Waals surface area contributed by atoms with Crippen LogP contribution in [-0.4, -0.2) is 34.6 Å². The van der Waals surface area contributed by atoms with E-state index in [0.717, 1.165) is 37.5 Å². The summed E-state index contributed by atoms with van der Waals surface area (Å²) in [6, 6.07) is 0. The van der Waals surface area contributed by atoms with Crippen LogP contribution in [0.5, 0.6) is 0 Å². The van der Waals surface area contributed by atoms with Gasteiger partial charge in [0.2, 0.25) is 0 Å². The molecular formula is C19H36O3. The molecule has 0 heterocycles. The molecule has 0 aromatic carbocycles. The molecular weight excluding hydrogens is 276 g/mol. The van der Waals surface area contributed by atoms with Crippen LogP contribution in [0.2, 0.25) is 0 Å². The summed E-state index contributed by atoms with van der Waals surface area (Å²) in [6.45, 7) is 0.710. The van der Waals surface area contributed by atoms with Gasteiger partial charge in [-0.2, -0.15) is 0 Å². The van der Waals surface area contributed by atoms with Crippen LogP contribution in [0.15, 0.2) is 0 Å². The van der Waals surface area contributed by atoms with Crippen molar-refractivity contribution in [1.82, 2.24) is 0 Å². The molecule has 0 saturated heterocycles. The van der Waals surface area contributed by atoms with Crippen LogP contribution in [-0.2, 0) is 0 Å². The van der Waals surface area contributed by atoms with Gasteiger partial charge in [-0.1, -0.05) is 25.7 Å². The van der Waals surface area contributed by atoms with E-state index in [4.69, 9.17) is 10.2 Å². The third-order valence-electron chi connectivity index (χ3n) is 6.27. The molecule has 3 nitrogen and oxygen atoms in total. The highest BCUT2D eigenvalue weighted by molar-refractivity contribution is 4.75. The van der Waals surface area contributed by atoms with E-state index in [0.29, 0.717) is 25.0 Å². The van der Waals surface area contributed by atoms with Crippen molar-refractivity contribution in [2.75, 3.05) is 13.2 Å². The topological polar surface area (TPSA) is 60.7 Å². The Balaban J connectivity index is 1.52. The molecule has 3 heteroatoms. The highest BCUT2D eigenvalue weighted by Gasteiger charge is 2.23. The van der Waals surface area contributed by atoms with Crippen molar-refractivity contribution in [2.45, 2.75) is 83.2 Å². The van der Waals surface area contributed by atoms with E-state index in [2.05, 4.69) is 0 Å². The molecule has 2 rings (SSSR count). The minimum atomic E-state index is -0.119. The number of aliphatic hydroxyl groups is 3. The number of aliphatic hydroxyl groups excluding tert-OH is 3. The van der Waals surface area contributed by atoms with Crippen molar-refractivity contribution < 1.29 is 15.3 Å². The number of hydrogen-bond acceptors (Lipinski definition) is 3. The smallest absolute Gasteiger partial charge is 0.0540 e. The summed E-state index contributed by atoms with van der Waals surface area (Å²) < 4.78 is 0. The van der Waals surface area contributed by atoms with Gasteiger partial charge in [0.05, 0.1) is 6.10 Å². The molecule has 2 aliphatic carbocycles. The highest BCUT2D eigenvalue weighted by atomic mass is 16.3. The van der Waals surface area contributed by atoms with Gasteiger partial charge >= 0.3 is 0 Å². The van der Waals surface area contributed by atoms with Crippen LogP contribution in [0.3, 0.4) is 0 Å². The third-order valence-corrected chi connectivity index (χ3v) is 6.27. The van der Waals surface area contributed by atoms with E-state index in [1.165, 1.54) is 51.4 Å². The van der Waals surface area contributed by atoms with Gasteiger partial charge in [0, 0.05) is 13.2 Å². The monoisotopic (exact) mass is 312 g/mol. The minimum Gasteiger partial charge on any atom is -0.396 e. The lowest BCUT2D eigenvalue weighted by molar-refractivity contribution is 0.112. The molecule has 0 spiro atoms. The maximum atomic E-state index is 10.2. The molecule has 0 unspecified atom stereocenters. The molecule has 0 aromatic rings. The standard InChI is InChI=1S/C19H36O3/c20-13-17-5-1-15(2-6-17)9-11-19(22)12-10-16-3-7-18(14-21)8-4-16/h15-22H,1-14H2. The molecule has 0 bridgehead atoms. The molecule has 22 heavy (non-hydrogen) atoms. The molecule has 2 fully saturated rings. The molecule has 0 atom stereocenters. The maximum absolute atomic E-state index is 10.2. The second kappa shape index (κ2) is 9.89. The second-order valence-corrected chi connectivity index (χ2v) is 7.95. The van der Waals surface area contributed by atoms with E-state index in [1.807, 2.05) is 0 Å². The fourth-order valence-electron chi connectivity index (χ4n) is 4.41. The van der Waals surface area contributed by atoms with Crippen molar-refractivity contribution in [2.24, 2.45) is 23.7 Å². The van der Waals surface area contributed by atoms with Crippen molar-refractivity contribution in [3.8, 4) is 0 Å². The SMILES string of the molecule is OCC1CCC(CCC(O)CCC2CCC(CO)CC2)CC1. The van der Waals surface area contributed by atoms with Crippen molar-refractivity contribution >= 4 is 0 Å². The first-order chi connectivity index (χ1) is 10.7. The Morgan fingerprint density at radius 2 is 0.909 bits per heavy atom. The van der Waals surface area contributed by atoms with Crippen LogP contribution >= 0.6 is 0 Å². The van der Waals surface area contributed by atoms with Gasteiger partial charge in [-0.3, -0.25) is 0 Å². The quantitative estimate of drug-likeness (QED) is 0.643. The van der Waals surface area contributed by atoms with Gasteiger partial charge in [-0.25, -0.2) is 0 Å². The highest BCUT2D eigenvalue weighted by Crippen LogP contribution is 2.33. The van der Waals surface area contributed by atoms with Crippen LogP contribution < -0.4 is 0 Å². The zero-order valence-electron chi connectivity index (χ0n) is 14.1. The lowest BCUT2D eigenvalue weighted by atomic mass is 9.78. The van der Waals surface area contributed by atoms with Gasteiger partial charge in [-0.05, 0) is 75.0 Å². The Morgan fingerprint density at radius 3 is 1.23 bits per heavy atom. The van der Waals surface area contributed by atoms with E-state index < -0.39 is 0 Å². The van der Waals surface area contributed by atoms with Crippen molar-refractivity contribution in [1.29, 1.82) is 0 Å². The molecule has 2 saturated carbocycles. The lowest BCUT2D eigenvalue weighted by Crippen LogP contribution is -2.20. The summed E-state index contributed by atoms with van der Waals surface area (Å²) in [5, 5.41) is 28.6. The largest absolute Gasteiger partial charge is 0.396 e. The second-order valence-electron chi connectivity index (χ2n) is 7.95. The summed E-state index contributed by atoms with van der Waals surface area (Å²) in [5.41, 5.74) is 0. The molecule has 130 valence electrons. The first kappa shape index (κ1) is 18.2. The maximum Gasteiger partial charge on any atom is 0.0540 e. The van der Waals surface area contributed by atoms with Crippen LogP contribution in [0, 0.1) is 23.7 Å². The Bertz CT molecular complexity index is 250. The van der Waals surface area contributed by atoms with Crippen LogP contribution in [0.1, 0.15) is 77.0 Å². The van der Waals surface area contributed by atoms with E-state index in [9.17, 15) is 5.11 Å². The van der Waals surface area contributed by atoms with Crippen molar-refractivity contribution in [3.63, 3.8) is 0 Å². The summed E-state index contributed by atoms with van der Waals surface area (Å²) in [4.78, 5) is 0. The zero-order valence-corrected chi connectivity index (χ0v) is 14.1. The first-order valence-corrected chi connectivity index (χ1v) is 9.61. The van der Waals surface area contributed by atoms with Gasteiger partial charge < -0.3 is 15.3 Å². The summed E-state index contributed by atoms with van der Waals surface area (Å²) >= 11 is 0. The number of rotatable bonds is 8. The van der Waals surface area contributed by atoms with E-state index in [-0.39, 0.29) is 6.10 Å². The van der Waals surface area contributed by atoms with Crippen LogP contribution in [0.4, 0.5) is 0 Å². The fourth-order valence-corrected chi connectivity index (χ4v) is 4.41. The Morgan fingerprint density at radius 1 is 0.591 bits per heavy atom. The fraction of sp³-hybridized carbons (Fsp3) is 1.00. The Hall–Kier alpha value is -0.120. The zero-order chi connectivity index (χ0) is 15.8. The van der Waals surface area contributed by atoms with Crippen LogP contribution in [0.25, 0.3) is 0 Å². The van der Waals surface area contributed by atoms with Crippen molar-refractivity contribution in [3.05, 3.63) is 0 Å². The average Bonchev–Trinajstić information content (AvgIpc) is 2.59. The Kier molecular flexibility index (Phi) is 8.19. The van der Waals surface area contributed by atoms with E-state index >= 15 is 0 Å². The predicted molar refractivity (Wildman–Crippen MR) is 89.5 cm³/mol. The normalized spacial score (nSPS) is 34.5. The third kappa shape index (κ3) is 6.17. The molecule has 0 radical (unpaired) electrons. The Labute approximate surface area is 136 Å². The lowest BCUT2D eigenvalue weighted by Gasteiger charge is -2.29. The molecule has 3 N–H and O–H groups in total. The van der Waals surface area contributed by atoms with Gasteiger partial charge in [0.15, 0.2) is 0 Å². The summed E-state index contributed by atoms with van der Waals surface area (Å²) in [5.74, 6) is 2.63. The van der Waals surface area contributed by atoms with Gasteiger partial charge in [0.25, 0.3) is 0 Å². The summed E-state index contributed by atoms with van der Waals surface area (Å²) in [6.07, 6.45) is 13.8. The minimum absolute atomic E-state index is 0.119. The molecule has 2 aliphatic rings. The number of hydrogen-bond donors (Lipinski definition) is 3. The first-order valence-electron chi connectivity index (χ1n) is 9.61. The van der Waals surface area contributed by atoms with E-state index in [1.54, 1.807) is 0 Å². The van der Waals surface area contributed by atoms with Gasteiger partial charge in [-0.15, -0.1) is 0 Å². The molecule has 0 aromatic heterocycles.